The first kappa shape index (κ1) is 8.53. The van der Waals surface area contributed by atoms with Crippen LogP contribution in [0.15, 0.2) is 4.52 Å². The third-order valence-electron chi connectivity index (χ3n) is 2.49. The van der Waals surface area contributed by atoms with Crippen molar-refractivity contribution in [2.24, 2.45) is 0 Å². The molecule has 72 valence electrons. The Balaban J connectivity index is 2.03. The summed E-state index contributed by atoms with van der Waals surface area (Å²) in [4.78, 5) is 4.29. The number of aromatic nitrogens is 2. The predicted octanol–water partition coefficient (Wildman–Crippen LogP) is 2.16. The Morgan fingerprint density at radius 2 is 2.23 bits per heavy atom. The van der Waals surface area contributed by atoms with Crippen LogP contribution in [0.25, 0.3) is 0 Å². The molecule has 0 amide bonds. The van der Waals surface area contributed by atoms with Gasteiger partial charge in [0.2, 0.25) is 0 Å². The molecule has 2 rings (SSSR count). The van der Waals surface area contributed by atoms with Gasteiger partial charge in [-0.05, 0) is 19.8 Å². The summed E-state index contributed by atoms with van der Waals surface area (Å²) in [5, 5.41) is 6.98. The number of rotatable bonds is 3. The summed E-state index contributed by atoms with van der Waals surface area (Å²) in [7, 11) is 0. The summed E-state index contributed by atoms with van der Waals surface area (Å²) < 4.78 is 5.05. The minimum atomic E-state index is 0.538. The minimum absolute atomic E-state index is 0.538. The van der Waals surface area contributed by atoms with Gasteiger partial charge in [-0.3, -0.25) is 0 Å². The van der Waals surface area contributed by atoms with Crippen molar-refractivity contribution in [3.8, 4) is 0 Å². The second-order valence-electron chi connectivity index (χ2n) is 3.47. The van der Waals surface area contributed by atoms with Crippen LogP contribution < -0.4 is 5.32 Å². The van der Waals surface area contributed by atoms with E-state index >= 15 is 0 Å². The highest BCUT2D eigenvalue weighted by Crippen LogP contribution is 2.32. The predicted molar refractivity (Wildman–Crippen MR) is 49.7 cm³/mol. The molecule has 0 spiro atoms. The molecule has 0 bridgehead atoms. The minimum Gasteiger partial charge on any atom is -0.338 e. The molecule has 1 N–H and O–H groups in total. The van der Waals surface area contributed by atoms with E-state index in [1.807, 2.05) is 6.92 Å². The molecule has 0 atom stereocenters. The van der Waals surface area contributed by atoms with E-state index in [0.717, 1.165) is 12.4 Å². The number of hydrogen-bond donors (Lipinski definition) is 1. The van der Waals surface area contributed by atoms with Crippen LogP contribution in [-0.4, -0.2) is 16.7 Å². The van der Waals surface area contributed by atoms with Crippen molar-refractivity contribution in [1.29, 1.82) is 0 Å². The third-order valence-corrected chi connectivity index (χ3v) is 2.49. The molecule has 0 aromatic carbocycles. The first-order valence-corrected chi connectivity index (χ1v) is 4.97. The molecule has 0 saturated heterocycles. The lowest BCUT2D eigenvalue weighted by Crippen LogP contribution is -1.98. The van der Waals surface area contributed by atoms with E-state index in [1.54, 1.807) is 0 Å². The van der Waals surface area contributed by atoms with Gasteiger partial charge < -0.3 is 9.84 Å². The van der Waals surface area contributed by atoms with Crippen molar-refractivity contribution in [2.75, 3.05) is 11.9 Å². The third kappa shape index (κ3) is 1.82. The van der Waals surface area contributed by atoms with Crippen molar-refractivity contribution in [3.05, 3.63) is 5.82 Å². The smallest absolute Gasteiger partial charge is 0.321 e. The number of anilines is 1. The van der Waals surface area contributed by atoms with Gasteiger partial charge in [-0.2, -0.15) is 4.98 Å². The van der Waals surface area contributed by atoms with Crippen LogP contribution in [0, 0.1) is 0 Å². The van der Waals surface area contributed by atoms with Gasteiger partial charge in [0.15, 0.2) is 5.82 Å². The summed E-state index contributed by atoms with van der Waals surface area (Å²) in [6, 6.07) is 0.560. The van der Waals surface area contributed by atoms with E-state index in [0.29, 0.717) is 11.9 Å². The van der Waals surface area contributed by atoms with Crippen LogP contribution in [0.1, 0.15) is 44.3 Å². The van der Waals surface area contributed by atoms with Crippen LogP contribution in [0.5, 0.6) is 0 Å². The van der Waals surface area contributed by atoms with E-state index in [1.165, 1.54) is 25.7 Å². The molecule has 4 heteroatoms. The van der Waals surface area contributed by atoms with Gasteiger partial charge in [-0.1, -0.05) is 18.0 Å². The van der Waals surface area contributed by atoms with Gasteiger partial charge >= 0.3 is 6.01 Å². The summed E-state index contributed by atoms with van der Waals surface area (Å²) in [6.45, 7) is 2.84. The number of nitrogens with one attached hydrogen (secondary N) is 1. The van der Waals surface area contributed by atoms with Crippen LogP contribution >= 0.6 is 0 Å². The Morgan fingerprint density at radius 1 is 1.46 bits per heavy atom. The molecule has 1 saturated carbocycles. The Hall–Kier alpha value is -1.06. The largest absolute Gasteiger partial charge is 0.338 e. The summed E-state index contributed by atoms with van der Waals surface area (Å²) in [5.41, 5.74) is 0. The monoisotopic (exact) mass is 181 g/mol. The Labute approximate surface area is 77.7 Å². The quantitative estimate of drug-likeness (QED) is 0.776. The molecule has 0 radical (unpaired) electrons. The maximum absolute atomic E-state index is 5.05. The van der Waals surface area contributed by atoms with Crippen molar-refractivity contribution >= 4 is 6.01 Å². The van der Waals surface area contributed by atoms with Crippen molar-refractivity contribution < 1.29 is 4.52 Å². The van der Waals surface area contributed by atoms with Crippen molar-refractivity contribution in [2.45, 2.75) is 38.5 Å². The van der Waals surface area contributed by atoms with Gasteiger partial charge in [0.25, 0.3) is 0 Å². The zero-order valence-electron chi connectivity index (χ0n) is 7.92. The fourth-order valence-corrected chi connectivity index (χ4v) is 1.81. The molecule has 0 unspecified atom stereocenters. The van der Waals surface area contributed by atoms with Crippen LogP contribution in [0.4, 0.5) is 6.01 Å². The summed E-state index contributed by atoms with van der Waals surface area (Å²) in [5.74, 6) is 1.42. The highest BCUT2D eigenvalue weighted by molar-refractivity contribution is 5.18. The second-order valence-corrected chi connectivity index (χ2v) is 3.47. The van der Waals surface area contributed by atoms with Gasteiger partial charge in [0.05, 0.1) is 0 Å². The van der Waals surface area contributed by atoms with Crippen molar-refractivity contribution in [3.63, 3.8) is 0 Å². The lowest BCUT2D eigenvalue weighted by atomic mass is 10.1. The van der Waals surface area contributed by atoms with E-state index < -0.39 is 0 Å². The first-order valence-electron chi connectivity index (χ1n) is 4.97. The molecule has 4 nitrogen and oxygen atoms in total. The summed E-state index contributed by atoms with van der Waals surface area (Å²) in [6.07, 6.45) is 5.03. The number of nitrogens with zero attached hydrogens (tertiary/aromatic N) is 2. The van der Waals surface area contributed by atoms with Gasteiger partial charge in [0.1, 0.15) is 0 Å². The highest BCUT2D eigenvalue weighted by atomic mass is 16.5. The zero-order valence-corrected chi connectivity index (χ0v) is 7.92. The molecular weight excluding hydrogens is 166 g/mol. The van der Waals surface area contributed by atoms with Gasteiger partial charge in [-0.15, -0.1) is 0 Å². The van der Waals surface area contributed by atoms with Gasteiger partial charge in [0, 0.05) is 12.5 Å². The lowest BCUT2D eigenvalue weighted by molar-refractivity contribution is 0.416. The standard InChI is InChI=1S/C9H15N3O/c1-2-10-9-11-8(12-13-9)7-5-3-4-6-7/h7H,2-6H2,1H3,(H,10,11,12). The maximum Gasteiger partial charge on any atom is 0.321 e. The van der Waals surface area contributed by atoms with E-state index in [-0.39, 0.29) is 0 Å². The molecule has 1 heterocycles. The number of hydrogen-bond acceptors (Lipinski definition) is 4. The Bertz CT molecular complexity index is 266. The fraction of sp³-hybridized carbons (Fsp3) is 0.778. The Kier molecular flexibility index (Phi) is 2.47. The van der Waals surface area contributed by atoms with Crippen LogP contribution in [0.3, 0.4) is 0 Å². The molecule has 1 aliphatic carbocycles. The Morgan fingerprint density at radius 3 is 2.92 bits per heavy atom. The normalized spacial score (nSPS) is 17.9. The van der Waals surface area contributed by atoms with Crippen molar-refractivity contribution in [1.82, 2.24) is 10.1 Å². The fourth-order valence-electron chi connectivity index (χ4n) is 1.81. The molecule has 13 heavy (non-hydrogen) atoms. The average molecular weight is 181 g/mol. The average Bonchev–Trinajstić information content (AvgIpc) is 2.70. The molecule has 1 aromatic rings. The molecular formula is C9H15N3O. The maximum atomic E-state index is 5.05. The highest BCUT2D eigenvalue weighted by Gasteiger charge is 2.21. The van der Waals surface area contributed by atoms with E-state index in [4.69, 9.17) is 4.52 Å². The lowest BCUT2D eigenvalue weighted by Gasteiger charge is -1.99. The van der Waals surface area contributed by atoms with E-state index in [9.17, 15) is 0 Å². The first-order chi connectivity index (χ1) is 6.40. The summed E-state index contributed by atoms with van der Waals surface area (Å²) >= 11 is 0. The van der Waals surface area contributed by atoms with E-state index in [2.05, 4.69) is 15.5 Å². The SMILES string of the molecule is CCNc1nc(C2CCCC2)no1. The zero-order chi connectivity index (χ0) is 9.10. The topological polar surface area (TPSA) is 51.0 Å². The molecule has 1 fully saturated rings. The molecule has 0 aliphatic heterocycles. The molecule has 1 aliphatic rings. The second kappa shape index (κ2) is 3.77. The van der Waals surface area contributed by atoms with Crippen LogP contribution in [-0.2, 0) is 0 Å². The van der Waals surface area contributed by atoms with Crippen LogP contribution in [0.2, 0.25) is 0 Å². The van der Waals surface area contributed by atoms with Gasteiger partial charge in [-0.25, -0.2) is 0 Å². The molecule has 1 aromatic heterocycles.